The van der Waals surface area contributed by atoms with Crippen molar-refractivity contribution in [1.82, 2.24) is 0 Å². The van der Waals surface area contributed by atoms with Crippen LogP contribution in [-0.4, -0.2) is 68.3 Å². The van der Waals surface area contributed by atoms with Gasteiger partial charge in [-0.25, -0.2) is 0 Å². The number of fused-ring (bicyclic) bond motifs is 5. The van der Waals surface area contributed by atoms with Crippen molar-refractivity contribution in [2.24, 2.45) is 52.3 Å². The van der Waals surface area contributed by atoms with Gasteiger partial charge in [-0.3, -0.25) is 0 Å². The van der Waals surface area contributed by atoms with Crippen LogP contribution in [0.2, 0.25) is 0 Å². The molecule has 6 nitrogen and oxygen atoms in total. The third kappa shape index (κ3) is 4.21. The Hall–Kier alpha value is -0.240. The quantitative estimate of drug-likeness (QED) is 0.341. The summed E-state index contributed by atoms with van der Waals surface area (Å²) in [4.78, 5) is 0. The van der Waals surface area contributed by atoms with E-state index in [1.807, 2.05) is 0 Å². The van der Waals surface area contributed by atoms with E-state index in [1.165, 1.54) is 0 Å². The van der Waals surface area contributed by atoms with Gasteiger partial charge in [-0.05, 0) is 104 Å². The predicted octanol–water partition coefficient (Wildman–Crippen LogP) is 2.33. The molecule has 0 saturated heterocycles. The molecule has 4 rings (SSSR count). The minimum atomic E-state index is -0.716. The second-order valence-corrected chi connectivity index (χ2v) is 12.8. The lowest BCUT2D eigenvalue weighted by atomic mass is 9.43. The van der Waals surface area contributed by atoms with Crippen LogP contribution in [0, 0.1) is 52.3 Å². The van der Waals surface area contributed by atoms with Crippen molar-refractivity contribution in [3.05, 3.63) is 0 Å². The normalized spacial score (nSPS) is 49.3. The maximum Gasteiger partial charge on any atom is 0.0612 e. The molecule has 0 aliphatic heterocycles. The second-order valence-electron chi connectivity index (χ2n) is 12.8. The van der Waals surface area contributed by atoms with Crippen molar-refractivity contribution < 1.29 is 30.6 Å². The Morgan fingerprint density at radius 3 is 2.24 bits per heavy atom. The van der Waals surface area contributed by atoms with Gasteiger partial charge in [0.15, 0.2) is 0 Å². The molecule has 4 aliphatic rings. The molecule has 0 heterocycles. The molecular formula is C27H48O6. The molecule has 33 heavy (non-hydrogen) atoms. The summed E-state index contributed by atoms with van der Waals surface area (Å²) in [6.45, 7) is 6.39. The third-order valence-corrected chi connectivity index (χ3v) is 11.5. The Balaban J connectivity index is 1.51. The van der Waals surface area contributed by atoms with Gasteiger partial charge in [-0.2, -0.15) is 0 Å². The topological polar surface area (TPSA) is 121 Å². The second kappa shape index (κ2) is 9.67. The lowest BCUT2D eigenvalue weighted by Crippen LogP contribution is -2.62. The van der Waals surface area contributed by atoms with Gasteiger partial charge in [0.2, 0.25) is 0 Å². The molecule has 0 amide bonds. The molecule has 0 aromatic rings. The van der Waals surface area contributed by atoms with E-state index in [9.17, 15) is 30.6 Å². The highest BCUT2D eigenvalue weighted by Gasteiger charge is 2.65. The molecule has 0 radical (unpaired) electrons. The zero-order chi connectivity index (χ0) is 24.1. The average molecular weight is 469 g/mol. The first-order chi connectivity index (χ1) is 15.6. The van der Waals surface area contributed by atoms with Crippen LogP contribution in [0.1, 0.15) is 78.6 Å². The highest BCUT2D eigenvalue weighted by molar-refractivity contribution is 5.14. The van der Waals surface area contributed by atoms with Crippen LogP contribution in [0.4, 0.5) is 0 Å². The van der Waals surface area contributed by atoms with E-state index in [-0.39, 0.29) is 42.2 Å². The number of aliphatic hydroxyl groups is 6. The molecule has 5 unspecified atom stereocenters. The Morgan fingerprint density at radius 1 is 0.879 bits per heavy atom. The molecule has 4 fully saturated rings. The van der Waals surface area contributed by atoms with Crippen molar-refractivity contribution >= 4 is 0 Å². The summed E-state index contributed by atoms with van der Waals surface area (Å²) in [5.41, 5.74) is -0.153. The molecular weight excluding hydrogens is 420 g/mol. The summed E-state index contributed by atoms with van der Waals surface area (Å²) >= 11 is 0. The zero-order valence-electron chi connectivity index (χ0n) is 20.8. The Morgan fingerprint density at radius 2 is 1.58 bits per heavy atom. The molecule has 192 valence electrons. The molecule has 0 aromatic carbocycles. The highest BCUT2D eigenvalue weighted by Crippen LogP contribution is 2.68. The molecule has 6 N–H and O–H groups in total. The molecule has 4 aliphatic carbocycles. The van der Waals surface area contributed by atoms with Crippen molar-refractivity contribution in [2.75, 3.05) is 13.2 Å². The molecule has 6 heteroatoms. The van der Waals surface area contributed by atoms with Gasteiger partial charge < -0.3 is 30.6 Å². The van der Waals surface area contributed by atoms with E-state index in [4.69, 9.17) is 0 Å². The summed E-state index contributed by atoms with van der Waals surface area (Å²) in [5.74, 6) is 1.29. The van der Waals surface area contributed by atoms with E-state index in [1.54, 1.807) is 0 Å². The van der Waals surface area contributed by atoms with Crippen molar-refractivity contribution in [1.29, 1.82) is 0 Å². The third-order valence-electron chi connectivity index (χ3n) is 11.5. The SMILES string of the molecule is C[C@H](CC[C@@H](O)C(CO)CO)C1CCC2C3C(O)C[C@@H]4C[C@H](O)CC[C@]4(C)C3C[C@H](O)[C@@]21C. The van der Waals surface area contributed by atoms with Gasteiger partial charge in [0.25, 0.3) is 0 Å². The predicted molar refractivity (Wildman–Crippen MR) is 126 cm³/mol. The van der Waals surface area contributed by atoms with Crippen LogP contribution in [0.15, 0.2) is 0 Å². The molecule has 4 saturated carbocycles. The summed E-state index contributed by atoms with van der Waals surface area (Å²) < 4.78 is 0. The van der Waals surface area contributed by atoms with Crippen LogP contribution in [-0.2, 0) is 0 Å². The van der Waals surface area contributed by atoms with Crippen LogP contribution in [0.3, 0.4) is 0 Å². The minimum absolute atomic E-state index is 0.0862. The number of hydrogen-bond donors (Lipinski definition) is 6. The molecule has 0 aromatic heterocycles. The summed E-state index contributed by atoms with van der Waals surface area (Å²) in [6, 6.07) is 0. The van der Waals surface area contributed by atoms with E-state index >= 15 is 0 Å². The largest absolute Gasteiger partial charge is 0.396 e. The first-order valence-electron chi connectivity index (χ1n) is 13.5. The lowest BCUT2D eigenvalue weighted by Gasteiger charge is -2.63. The highest BCUT2D eigenvalue weighted by atomic mass is 16.3. The van der Waals surface area contributed by atoms with Crippen LogP contribution in [0.5, 0.6) is 0 Å². The van der Waals surface area contributed by atoms with E-state index in [0.29, 0.717) is 36.0 Å². The van der Waals surface area contributed by atoms with Gasteiger partial charge in [-0.15, -0.1) is 0 Å². The number of aliphatic hydroxyl groups excluding tert-OH is 6. The monoisotopic (exact) mass is 468 g/mol. The fourth-order valence-corrected chi connectivity index (χ4v) is 9.30. The fraction of sp³-hybridized carbons (Fsp3) is 1.00. The van der Waals surface area contributed by atoms with Crippen molar-refractivity contribution in [2.45, 2.75) is 103 Å². The Kier molecular flexibility index (Phi) is 7.57. The first-order valence-corrected chi connectivity index (χ1v) is 13.5. The average Bonchev–Trinajstić information content (AvgIpc) is 3.13. The number of hydrogen-bond acceptors (Lipinski definition) is 6. The zero-order valence-corrected chi connectivity index (χ0v) is 20.8. The van der Waals surface area contributed by atoms with E-state index < -0.39 is 18.1 Å². The van der Waals surface area contributed by atoms with Crippen LogP contribution < -0.4 is 0 Å². The summed E-state index contributed by atoms with van der Waals surface area (Å²) in [7, 11) is 0. The van der Waals surface area contributed by atoms with E-state index in [2.05, 4.69) is 20.8 Å². The standard InChI is InChI=1S/C27H48O6/c1-15(4-7-22(31)16(13-28)14-29)19-5-6-20-25-21(12-24(33)27(19,20)3)26(2)9-8-18(30)10-17(26)11-23(25)32/h15-25,28-33H,4-14H2,1-3H3/t15-,17+,18-,19?,20?,21?,22-,23?,24+,25?,26+,27-/m1/s1. The summed E-state index contributed by atoms with van der Waals surface area (Å²) in [6.07, 6.45) is 5.77. The lowest BCUT2D eigenvalue weighted by molar-refractivity contribution is -0.207. The Labute approximate surface area is 199 Å². The molecule has 0 spiro atoms. The first kappa shape index (κ1) is 25.8. The van der Waals surface area contributed by atoms with Gasteiger partial charge in [-0.1, -0.05) is 20.8 Å². The van der Waals surface area contributed by atoms with Gasteiger partial charge in [0.1, 0.15) is 0 Å². The minimum Gasteiger partial charge on any atom is -0.396 e. The van der Waals surface area contributed by atoms with Gasteiger partial charge in [0, 0.05) is 5.92 Å². The van der Waals surface area contributed by atoms with E-state index in [0.717, 1.165) is 51.4 Å². The fourth-order valence-electron chi connectivity index (χ4n) is 9.30. The Bertz CT molecular complexity index is 669. The smallest absolute Gasteiger partial charge is 0.0612 e. The van der Waals surface area contributed by atoms with Gasteiger partial charge >= 0.3 is 0 Å². The molecule has 0 bridgehead atoms. The van der Waals surface area contributed by atoms with Crippen molar-refractivity contribution in [3.8, 4) is 0 Å². The van der Waals surface area contributed by atoms with Crippen LogP contribution >= 0.6 is 0 Å². The van der Waals surface area contributed by atoms with Crippen molar-refractivity contribution in [3.63, 3.8) is 0 Å². The maximum atomic E-state index is 11.6. The molecule has 12 atom stereocenters. The summed E-state index contributed by atoms with van der Waals surface area (Å²) in [5, 5.41) is 62.4. The van der Waals surface area contributed by atoms with Gasteiger partial charge in [0.05, 0.1) is 37.6 Å². The number of rotatable bonds is 7. The maximum absolute atomic E-state index is 11.6. The van der Waals surface area contributed by atoms with Crippen LogP contribution in [0.25, 0.3) is 0 Å².